The summed E-state index contributed by atoms with van der Waals surface area (Å²) in [4.78, 5) is 13.6. The molecule has 1 unspecified atom stereocenters. The van der Waals surface area contributed by atoms with Crippen LogP contribution in [-0.4, -0.2) is 63.4 Å². The van der Waals surface area contributed by atoms with Crippen molar-refractivity contribution in [1.29, 1.82) is 0 Å². The number of likely N-dealkylation sites (tertiary alicyclic amines) is 1. The number of hydrogen-bond acceptors (Lipinski definition) is 4. The lowest BCUT2D eigenvalue weighted by molar-refractivity contribution is -0.136. The molecule has 1 atom stereocenters. The van der Waals surface area contributed by atoms with E-state index in [1.807, 2.05) is 4.90 Å². The quantitative estimate of drug-likeness (QED) is 0.796. The highest BCUT2D eigenvalue weighted by Crippen LogP contribution is 2.15. The van der Waals surface area contributed by atoms with E-state index in [-0.39, 0.29) is 12.5 Å². The van der Waals surface area contributed by atoms with Gasteiger partial charge in [-0.3, -0.25) is 4.79 Å². The Bertz CT molecular complexity index is 272. The Labute approximate surface area is 115 Å². The molecule has 0 saturated carbocycles. The van der Waals surface area contributed by atoms with Crippen molar-refractivity contribution in [3.63, 3.8) is 0 Å². The van der Waals surface area contributed by atoms with E-state index in [4.69, 9.17) is 9.47 Å². The molecule has 1 N–H and O–H groups in total. The van der Waals surface area contributed by atoms with E-state index in [9.17, 15) is 4.79 Å². The summed E-state index contributed by atoms with van der Waals surface area (Å²) in [5.41, 5.74) is 0. The normalized spacial score (nSPS) is 25.5. The molecule has 0 aromatic carbocycles. The van der Waals surface area contributed by atoms with Gasteiger partial charge in [-0.15, -0.1) is 0 Å². The molecule has 0 aromatic heterocycles. The average molecular weight is 270 g/mol. The summed E-state index contributed by atoms with van der Waals surface area (Å²) in [5, 5.41) is 3.63. The lowest BCUT2D eigenvalue weighted by atomic mass is 10.00. The number of methoxy groups -OCH3 is 1. The van der Waals surface area contributed by atoms with Crippen molar-refractivity contribution in [2.24, 2.45) is 5.92 Å². The maximum atomic E-state index is 11.7. The zero-order valence-corrected chi connectivity index (χ0v) is 11.9. The van der Waals surface area contributed by atoms with E-state index in [0.29, 0.717) is 12.0 Å². The molecule has 5 heteroatoms. The van der Waals surface area contributed by atoms with Gasteiger partial charge in [-0.25, -0.2) is 0 Å². The van der Waals surface area contributed by atoms with Gasteiger partial charge in [0.15, 0.2) is 0 Å². The summed E-state index contributed by atoms with van der Waals surface area (Å²) < 4.78 is 10.4. The third-order valence-electron chi connectivity index (χ3n) is 4.07. The molecule has 2 aliphatic rings. The summed E-state index contributed by atoms with van der Waals surface area (Å²) in [6.45, 7) is 4.78. The fourth-order valence-electron chi connectivity index (χ4n) is 2.85. The van der Waals surface area contributed by atoms with Gasteiger partial charge in [0.2, 0.25) is 5.91 Å². The molecule has 0 radical (unpaired) electrons. The average Bonchev–Trinajstić information content (AvgIpc) is 2.47. The van der Waals surface area contributed by atoms with Crippen LogP contribution in [0.4, 0.5) is 0 Å². The maximum Gasteiger partial charge on any atom is 0.248 e. The lowest BCUT2D eigenvalue weighted by Gasteiger charge is -2.33. The minimum Gasteiger partial charge on any atom is -0.381 e. The van der Waals surface area contributed by atoms with Crippen LogP contribution in [0.5, 0.6) is 0 Å². The van der Waals surface area contributed by atoms with Crippen LogP contribution >= 0.6 is 0 Å². The monoisotopic (exact) mass is 270 g/mol. The number of piperidine rings is 1. The fraction of sp³-hybridized carbons (Fsp3) is 0.929. The summed E-state index contributed by atoms with van der Waals surface area (Å²) in [7, 11) is 1.57. The highest BCUT2D eigenvalue weighted by Gasteiger charge is 2.23. The van der Waals surface area contributed by atoms with Crippen molar-refractivity contribution in [1.82, 2.24) is 10.2 Å². The van der Waals surface area contributed by atoms with Gasteiger partial charge in [-0.1, -0.05) is 0 Å². The van der Waals surface area contributed by atoms with Crippen LogP contribution in [0.3, 0.4) is 0 Å². The molecule has 19 heavy (non-hydrogen) atoms. The van der Waals surface area contributed by atoms with Crippen molar-refractivity contribution >= 4 is 5.91 Å². The molecule has 0 aliphatic carbocycles. The van der Waals surface area contributed by atoms with Gasteiger partial charge < -0.3 is 19.7 Å². The van der Waals surface area contributed by atoms with Gasteiger partial charge in [0.1, 0.15) is 6.61 Å². The van der Waals surface area contributed by atoms with E-state index in [1.54, 1.807) is 7.11 Å². The maximum absolute atomic E-state index is 11.7. The SMILES string of the molecule is COCC(=O)N1CCC(NCC2CCCOC2)CC1. The lowest BCUT2D eigenvalue weighted by Crippen LogP contribution is -2.47. The first-order valence-corrected chi connectivity index (χ1v) is 7.37. The van der Waals surface area contributed by atoms with E-state index in [0.717, 1.165) is 45.7 Å². The van der Waals surface area contributed by atoms with Gasteiger partial charge in [-0.2, -0.15) is 0 Å². The van der Waals surface area contributed by atoms with Crippen molar-refractivity contribution in [2.45, 2.75) is 31.7 Å². The van der Waals surface area contributed by atoms with E-state index in [1.165, 1.54) is 12.8 Å². The standard InChI is InChI=1S/C14H26N2O3/c1-18-11-14(17)16-6-4-13(5-7-16)15-9-12-3-2-8-19-10-12/h12-13,15H,2-11H2,1H3. The number of carbonyl (C=O) groups excluding carboxylic acids is 1. The number of amides is 1. The largest absolute Gasteiger partial charge is 0.381 e. The van der Waals surface area contributed by atoms with Crippen molar-refractivity contribution in [3.05, 3.63) is 0 Å². The number of rotatable bonds is 5. The van der Waals surface area contributed by atoms with E-state index in [2.05, 4.69) is 5.32 Å². The molecule has 5 nitrogen and oxygen atoms in total. The molecule has 0 aromatic rings. The topological polar surface area (TPSA) is 50.8 Å². The van der Waals surface area contributed by atoms with Gasteiger partial charge in [0, 0.05) is 39.4 Å². The van der Waals surface area contributed by atoms with Crippen molar-refractivity contribution in [3.8, 4) is 0 Å². The zero-order chi connectivity index (χ0) is 13.5. The third-order valence-corrected chi connectivity index (χ3v) is 4.07. The first kappa shape index (κ1) is 14.8. The van der Waals surface area contributed by atoms with E-state index < -0.39 is 0 Å². The van der Waals surface area contributed by atoms with Crippen molar-refractivity contribution in [2.75, 3.05) is 46.6 Å². The second-order valence-electron chi connectivity index (χ2n) is 5.58. The number of nitrogens with zero attached hydrogens (tertiary/aromatic N) is 1. The molecule has 1 amide bonds. The number of nitrogens with one attached hydrogen (secondary N) is 1. The number of hydrogen-bond donors (Lipinski definition) is 1. The molecule has 2 rings (SSSR count). The second-order valence-corrected chi connectivity index (χ2v) is 5.58. The van der Waals surface area contributed by atoms with Crippen molar-refractivity contribution < 1.29 is 14.3 Å². The Morgan fingerprint density at radius 3 is 2.79 bits per heavy atom. The highest BCUT2D eigenvalue weighted by molar-refractivity contribution is 5.77. The summed E-state index contributed by atoms with van der Waals surface area (Å²) >= 11 is 0. The first-order chi connectivity index (χ1) is 9.29. The molecule has 2 saturated heterocycles. The van der Waals surface area contributed by atoms with Crippen LogP contribution in [0, 0.1) is 5.92 Å². The fourth-order valence-corrected chi connectivity index (χ4v) is 2.85. The van der Waals surface area contributed by atoms with E-state index >= 15 is 0 Å². The summed E-state index contributed by atoms with van der Waals surface area (Å²) in [5.74, 6) is 0.781. The molecule has 110 valence electrons. The number of carbonyl (C=O) groups is 1. The van der Waals surface area contributed by atoms with Crippen LogP contribution < -0.4 is 5.32 Å². The molecular weight excluding hydrogens is 244 g/mol. The predicted octanol–water partition coefficient (Wildman–Crippen LogP) is 0.640. The summed E-state index contributed by atoms with van der Waals surface area (Å²) in [6, 6.07) is 0.550. The molecule has 2 heterocycles. The molecule has 0 bridgehead atoms. The minimum atomic E-state index is 0.113. The zero-order valence-electron chi connectivity index (χ0n) is 11.9. The molecule has 0 spiro atoms. The Hall–Kier alpha value is -0.650. The van der Waals surface area contributed by atoms with Crippen LogP contribution in [0.25, 0.3) is 0 Å². The van der Waals surface area contributed by atoms with Gasteiger partial charge >= 0.3 is 0 Å². The Kier molecular flexibility index (Phi) is 6.07. The van der Waals surface area contributed by atoms with Gasteiger partial charge in [0.25, 0.3) is 0 Å². The van der Waals surface area contributed by atoms with Gasteiger partial charge in [0.05, 0.1) is 6.61 Å². The minimum absolute atomic E-state index is 0.113. The highest BCUT2D eigenvalue weighted by atomic mass is 16.5. The Morgan fingerprint density at radius 1 is 1.37 bits per heavy atom. The molecular formula is C14H26N2O3. The third kappa shape index (κ3) is 4.75. The Balaban J connectivity index is 1.61. The summed E-state index contributed by atoms with van der Waals surface area (Å²) in [6.07, 6.45) is 4.56. The van der Waals surface area contributed by atoms with Crippen LogP contribution in [-0.2, 0) is 14.3 Å². The van der Waals surface area contributed by atoms with Crippen LogP contribution in [0.2, 0.25) is 0 Å². The van der Waals surface area contributed by atoms with Gasteiger partial charge in [-0.05, 0) is 31.6 Å². The smallest absolute Gasteiger partial charge is 0.248 e. The van der Waals surface area contributed by atoms with Crippen LogP contribution in [0.1, 0.15) is 25.7 Å². The second kappa shape index (κ2) is 7.82. The molecule has 2 fully saturated rings. The Morgan fingerprint density at radius 2 is 2.16 bits per heavy atom. The predicted molar refractivity (Wildman–Crippen MR) is 73.0 cm³/mol. The first-order valence-electron chi connectivity index (χ1n) is 7.37. The molecule has 2 aliphatic heterocycles. The number of ether oxygens (including phenoxy) is 2. The van der Waals surface area contributed by atoms with Crippen LogP contribution in [0.15, 0.2) is 0 Å².